The number of benzene rings is 1. The van der Waals surface area contributed by atoms with Crippen LogP contribution in [0.25, 0.3) is 0 Å². The van der Waals surface area contributed by atoms with Gasteiger partial charge in [-0.2, -0.15) is 0 Å². The molecule has 0 saturated heterocycles. The molecule has 0 unspecified atom stereocenters. The molecule has 0 aromatic heterocycles. The quantitative estimate of drug-likeness (QED) is 0.613. The van der Waals surface area contributed by atoms with Gasteiger partial charge in [-0.3, -0.25) is 0 Å². The van der Waals surface area contributed by atoms with Crippen molar-refractivity contribution in [1.29, 1.82) is 0 Å². The van der Waals surface area contributed by atoms with Crippen LogP contribution < -0.4 is 0 Å². The Morgan fingerprint density at radius 2 is 1.90 bits per heavy atom. The molecule has 0 radical (unpaired) electrons. The molecule has 4 N–H and O–H groups in total. The molecular formula is C17H22O4. The van der Waals surface area contributed by atoms with Gasteiger partial charge in [-0.15, -0.1) is 6.42 Å². The third kappa shape index (κ3) is 3.12. The molecule has 1 aliphatic carbocycles. The number of hydrogen-bond acceptors (Lipinski definition) is 4. The van der Waals surface area contributed by atoms with E-state index in [0.717, 1.165) is 16.7 Å². The average molecular weight is 290 g/mol. The zero-order valence-corrected chi connectivity index (χ0v) is 12.1. The minimum absolute atomic E-state index is 0.0493. The molecule has 1 fully saturated rings. The fraction of sp³-hybridized carbons (Fsp3) is 0.529. The highest BCUT2D eigenvalue weighted by Crippen LogP contribution is 2.39. The number of aliphatic hydroxyl groups excluding tert-OH is 4. The van der Waals surface area contributed by atoms with E-state index in [0.29, 0.717) is 12.8 Å². The van der Waals surface area contributed by atoms with E-state index in [1.165, 1.54) is 0 Å². The van der Waals surface area contributed by atoms with E-state index < -0.39 is 18.3 Å². The highest BCUT2D eigenvalue weighted by molar-refractivity contribution is 5.41. The van der Waals surface area contributed by atoms with Crippen LogP contribution in [0.4, 0.5) is 0 Å². The predicted octanol–water partition coefficient (Wildman–Crippen LogP) is 0.545. The number of rotatable bonds is 3. The average Bonchev–Trinajstić information content (AvgIpc) is 2.48. The Kier molecular flexibility index (Phi) is 5.02. The summed E-state index contributed by atoms with van der Waals surface area (Å²) >= 11 is 0. The SMILES string of the molecule is C#Cc1ccc([C@H]2C[C@H](CCO)[C@@H](O)[C@H](O)[C@@H]2O)c(C)c1. The molecule has 1 saturated carbocycles. The first-order valence-electron chi connectivity index (χ1n) is 7.21. The highest BCUT2D eigenvalue weighted by Gasteiger charge is 2.43. The number of aryl methyl sites for hydroxylation is 1. The van der Waals surface area contributed by atoms with Crippen LogP contribution >= 0.6 is 0 Å². The Morgan fingerprint density at radius 1 is 1.19 bits per heavy atom. The minimum Gasteiger partial charge on any atom is -0.396 e. The van der Waals surface area contributed by atoms with E-state index in [1.807, 2.05) is 25.1 Å². The zero-order chi connectivity index (χ0) is 15.6. The molecule has 1 aliphatic rings. The smallest absolute Gasteiger partial charge is 0.107 e. The monoisotopic (exact) mass is 290 g/mol. The van der Waals surface area contributed by atoms with Crippen molar-refractivity contribution in [2.45, 2.75) is 44.0 Å². The standard InChI is InChI=1S/C17H22O4/c1-3-11-4-5-13(10(2)8-11)14-9-12(6-7-18)15(19)17(21)16(14)20/h1,4-5,8,12,14-21H,6-7,9H2,2H3/t12-,14+,15+,16+,17-/m0/s1. The number of hydrogen-bond donors (Lipinski definition) is 4. The van der Waals surface area contributed by atoms with Gasteiger partial charge in [0.25, 0.3) is 0 Å². The second-order valence-corrected chi connectivity index (χ2v) is 5.80. The lowest BCUT2D eigenvalue weighted by Gasteiger charge is -2.41. The normalized spacial score (nSPS) is 32.7. The van der Waals surface area contributed by atoms with Gasteiger partial charge in [0.1, 0.15) is 6.10 Å². The maximum atomic E-state index is 10.3. The van der Waals surface area contributed by atoms with Gasteiger partial charge in [0, 0.05) is 18.1 Å². The molecule has 4 heteroatoms. The first kappa shape index (κ1) is 16.0. The van der Waals surface area contributed by atoms with E-state index in [9.17, 15) is 15.3 Å². The third-order valence-corrected chi connectivity index (χ3v) is 4.49. The Balaban J connectivity index is 2.31. The van der Waals surface area contributed by atoms with Gasteiger partial charge in [-0.05, 0) is 48.9 Å². The molecule has 0 bridgehead atoms. The lowest BCUT2D eigenvalue weighted by Crippen LogP contribution is -2.50. The van der Waals surface area contributed by atoms with Crippen LogP contribution in [0, 0.1) is 25.2 Å². The lowest BCUT2D eigenvalue weighted by molar-refractivity contribution is -0.122. The van der Waals surface area contributed by atoms with Gasteiger partial charge in [-0.25, -0.2) is 0 Å². The van der Waals surface area contributed by atoms with E-state index in [2.05, 4.69) is 5.92 Å². The Bertz CT molecular complexity index is 534. The lowest BCUT2D eigenvalue weighted by atomic mass is 9.71. The predicted molar refractivity (Wildman–Crippen MR) is 79.7 cm³/mol. The van der Waals surface area contributed by atoms with Crippen LogP contribution in [-0.2, 0) is 0 Å². The molecule has 4 nitrogen and oxygen atoms in total. The molecule has 0 aliphatic heterocycles. The maximum Gasteiger partial charge on any atom is 0.107 e. The molecule has 2 rings (SSSR count). The van der Waals surface area contributed by atoms with Crippen molar-refractivity contribution in [1.82, 2.24) is 0 Å². The topological polar surface area (TPSA) is 80.9 Å². The summed E-state index contributed by atoms with van der Waals surface area (Å²) in [4.78, 5) is 0. The fourth-order valence-electron chi connectivity index (χ4n) is 3.27. The van der Waals surface area contributed by atoms with Crippen LogP contribution in [0.1, 0.15) is 35.4 Å². The summed E-state index contributed by atoms with van der Waals surface area (Å²) in [6, 6.07) is 5.56. The molecule has 0 heterocycles. The third-order valence-electron chi connectivity index (χ3n) is 4.49. The molecule has 114 valence electrons. The molecule has 5 atom stereocenters. The maximum absolute atomic E-state index is 10.3. The van der Waals surface area contributed by atoms with Crippen molar-refractivity contribution < 1.29 is 20.4 Å². The Morgan fingerprint density at radius 3 is 2.48 bits per heavy atom. The summed E-state index contributed by atoms with van der Waals surface area (Å²) in [5.41, 5.74) is 2.66. The van der Waals surface area contributed by atoms with Gasteiger partial charge in [0.05, 0.1) is 12.2 Å². The second kappa shape index (κ2) is 6.59. The van der Waals surface area contributed by atoms with Crippen molar-refractivity contribution in [3.05, 3.63) is 34.9 Å². The largest absolute Gasteiger partial charge is 0.396 e. The summed E-state index contributed by atoms with van der Waals surface area (Å²) in [5.74, 6) is 2.07. The zero-order valence-electron chi connectivity index (χ0n) is 12.1. The first-order valence-corrected chi connectivity index (χ1v) is 7.21. The summed E-state index contributed by atoms with van der Waals surface area (Å²) in [6.07, 6.45) is 3.08. The van der Waals surface area contributed by atoms with Gasteiger partial charge in [-0.1, -0.05) is 12.0 Å². The van der Waals surface area contributed by atoms with E-state index >= 15 is 0 Å². The second-order valence-electron chi connectivity index (χ2n) is 5.80. The van der Waals surface area contributed by atoms with Crippen molar-refractivity contribution in [3.8, 4) is 12.3 Å². The molecule has 0 spiro atoms. The van der Waals surface area contributed by atoms with Crippen molar-refractivity contribution in [3.63, 3.8) is 0 Å². The molecule has 1 aromatic rings. The van der Waals surface area contributed by atoms with Crippen molar-refractivity contribution in [2.75, 3.05) is 6.61 Å². The van der Waals surface area contributed by atoms with Crippen LogP contribution in [0.5, 0.6) is 0 Å². The summed E-state index contributed by atoms with van der Waals surface area (Å²) in [5, 5.41) is 39.4. The fourth-order valence-corrected chi connectivity index (χ4v) is 3.27. The Labute approximate surface area is 125 Å². The van der Waals surface area contributed by atoms with Crippen LogP contribution in [-0.4, -0.2) is 45.3 Å². The minimum atomic E-state index is -1.20. The molecular weight excluding hydrogens is 268 g/mol. The van der Waals surface area contributed by atoms with E-state index in [-0.39, 0.29) is 18.4 Å². The van der Waals surface area contributed by atoms with Gasteiger partial charge in [0.2, 0.25) is 0 Å². The highest BCUT2D eigenvalue weighted by atomic mass is 16.4. The van der Waals surface area contributed by atoms with Gasteiger partial charge >= 0.3 is 0 Å². The summed E-state index contributed by atoms with van der Waals surface area (Å²) in [6.45, 7) is 1.87. The molecule has 21 heavy (non-hydrogen) atoms. The van der Waals surface area contributed by atoms with E-state index in [4.69, 9.17) is 11.5 Å². The van der Waals surface area contributed by atoms with Gasteiger partial charge in [0.15, 0.2) is 0 Å². The first-order chi connectivity index (χ1) is 9.99. The number of aliphatic hydroxyl groups is 4. The summed E-state index contributed by atoms with van der Waals surface area (Å²) < 4.78 is 0. The van der Waals surface area contributed by atoms with Crippen LogP contribution in [0.15, 0.2) is 18.2 Å². The van der Waals surface area contributed by atoms with Gasteiger partial charge < -0.3 is 20.4 Å². The van der Waals surface area contributed by atoms with Crippen molar-refractivity contribution >= 4 is 0 Å². The molecule has 1 aromatic carbocycles. The summed E-state index contributed by atoms with van der Waals surface area (Å²) in [7, 11) is 0. The Hall–Kier alpha value is -1.38. The van der Waals surface area contributed by atoms with Crippen molar-refractivity contribution in [2.24, 2.45) is 5.92 Å². The van der Waals surface area contributed by atoms with Crippen LogP contribution in [0.2, 0.25) is 0 Å². The number of terminal acetylenes is 1. The van der Waals surface area contributed by atoms with Crippen LogP contribution in [0.3, 0.4) is 0 Å². The molecule has 0 amide bonds. The van der Waals surface area contributed by atoms with E-state index in [1.54, 1.807) is 0 Å².